The average Bonchev–Trinajstić information content (AvgIpc) is 2.50. The van der Waals surface area contributed by atoms with Gasteiger partial charge in [-0.1, -0.05) is 43.2 Å². The third-order valence-corrected chi connectivity index (χ3v) is 5.64. The van der Waals surface area contributed by atoms with Gasteiger partial charge >= 0.3 is 11.9 Å². The van der Waals surface area contributed by atoms with E-state index in [0.717, 1.165) is 0 Å². The fourth-order valence-corrected chi connectivity index (χ4v) is 4.16. The van der Waals surface area contributed by atoms with Gasteiger partial charge < -0.3 is 15.1 Å². The zero-order valence-corrected chi connectivity index (χ0v) is 14.1. The highest BCUT2D eigenvalue weighted by molar-refractivity contribution is 7.57. The lowest BCUT2D eigenvalue weighted by Gasteiger charge is -2.22. The molecule has 6 nitrogen and oxygen atoms in total. The number of hydrogen-bond donors (Lipinski definition) is 3. The SMILES string of the molecule is O=C(O)CCCCCC(C(=O)O)C(F)P(=O)(O)Cc1ccccc1. The molecule has 0 amide bonds. The van der Waals surface area contributed by atoms with Crippen molar-refractivity contribution in [1.29, 1.82) is 0 Å². The van der Waals surface area contributed by atoms with Crippen molar-refractivity contribution in [3.05, 3.63) is 35.9 Å². The van der Waals surface area contributed by atoms with E-state index in [0.29, 0.717) is 18.4 Å². The normalized spacial score (nSPS) is 16.1. The highest BCUT2D eigenvalue weighted by atomic mass is 31.2. The first-order chi connectivity index (χ1) is 11.2. The van der Waals surface area contributed by atoms with Gasteiger partial charge in [0.2, 0.25) is 7.37 Å². The first-order valence-corrected chi connectivity index (χ1v) is 9.59. The Labute approximate surface area is 139 Å². The average molecular weight is 360 g/mol. The molecular formula is C16H22FO6P. The molecule has 0 aromatic heterocycles. The molecule has 8 heteroatoms. The smallest absolute Gasteiger partial charge is 0.310 e. The van der Waals surface area contributed by atoms with Crippen LogP contribution in [-0.4, -0.2) is 33.0 Å². The lowest BCUT2D eigenvalue weighted by molar-refractivity contribution is -0.143. The van der Waals surface area contributed by atoms with Crippen LogP contribution in [0, 0.1) is 5.92 Å². The van der Waals surface area contributed by atoms with Gasteiger partial charge in [0, 0.05) is 6.42 Å². The third-order valence-electron chi connectivity index (χ3n) is 3.69. The monoisotopic (exact) mass is 360 g/mol. The summed E-state index contributed by atoms with van der Waals surface area (Å²) in [5.74, 6) is -6.33. The second-order valence-electron chi connectivity index (χ2n) is 5.71. The van der Waals surface area contributed by atoms with E-state index in [1.54, 1.807) is 30.3 Å². The molecule has 1 aromatic carbocycles. The molecule has 0 saturated heterocycles. The third kappa shape index (κ3) is 6.81. The van der Waals surface area contributed by atoms with E-state index in [1.807, 2.05) is 0 Å². The van der Waals surface area contributed by atoms with Gasteiger partial charge in [-0.3, -0.25) is 14.2 Å². The van der Waals surface area contributed by atoms with E-state index in [2.05, 4.69) is 0 Å². The number of carboxylic acids is 2. The van der Waals surface area contributed by atoms with Crippen molar-refractivity contribution in [3.63, 3.8) is 0 Å². The zero-order valence-electron chi connectivity index (χ0n) is 13.2. The van der Waals surface area contributed by atoms with Gasteiger partial charge in [-0.15, -0.1) is 0 Å². The molecule has 0 saturated carbocycles. The zero-order chi connectivity index (χ0) is 18.2. The molecule has 0 spiro atoms. The minimum Gasteiger partial charge on any atom is -0.481 e. The Morgan fingerprint density at radius 3 is 2.25 bits per heavy atom. The van der Waals surface area contributed by atoms with E-state index >= 15 is 0 Å². The van der Waals surface area contributed by atoms with Gasteiger partial charge in [0.25, 0.3) is 0 Å². The number of unbranched alkanes of at least 4 members (excludes halogenated alkanes) is 2. The minimum atomic E-state index is -4.33. The first-order valence-electron chi connectivity index (χ1n) is 7.68. The van der Waals surface area contributed by atoms with E-state index in [9.17, 15) is 23.4 Å². The highest BCUT2D eigenvalue weighted by Gasteiger charge is 2.41. The maximum atomic E-state index is 14.4. The van der Waals surface area contributed by atoms with E-state index in [4.69, 9.17) is 10.2 Å². The minimum absolute atomic E-state index is 0.0384. The molecule has 0 fully saturated rings. The molecule has 0 heterocycles. The second kappa shape index (κ2) is 9.55. The summed E-state index contributed by atoms with van der Waals surface area (Å²) in [7, 11) is -4.33. The Bertz CT molecular complexity index is 591. The number of benzene rings is 1. The maximum Gasteiger partial charge on any atom is 0.310 e. The Morgan fingerprint density at radius 2 is 1.71 bits per heavy atom. The van der Waals surface area contributed by atoms with Gasteiger partial charge in [0.1, 0.15) is 0 Å². The predicted octanol–water partition coefficient (Wildman–Crippen LogP) is 3.49. The molecule has 134 valence electrons. The van der Waals surface area contributed by atoms with Crippen LogP contribution < -0.4 is 0 Å². The molecule has 0 aliphatic carbocycles. The summed E-state index contributed by atoms with van der Waals surface area (Å²) in [5, 5.41) is 17.7. The van der Waals surface area contributed by atoms with Crippen LogP contribution in [0.4, 0.5) is 4.39 Å². The molecule has 3 unspecified atom stereocenters. The van der Waals surface area contributed by atoms with Crippen LogP contribution in [0.3, 0.4) is 0 Å². The van der Waals surface area contributed by atoms with Crippen molar-refractivity contribution in [1.82, 2.24) is 0 Å². The van der Waals surface area contributed by atoms with Crippen LogP contribution in [0.15, 0.2) is 30.3 Å². The van der Waals surface area contributed by atoms with Crippen LogP contribution in [0.1, 0.15) is 37.7 Å². The van der Waals surface area contributed by atoms with Gasteiger partial charge in [-0.25, -0.2) is 4.39 Å². The summed E-state index contributed by atoms with van der Waals surface area (Å²) in [6.07, 6.45) is 0.517. The lowest BCUT2D eigenvalue weighted by atomic mass is 10.0. The van der Waals surface area contributed by atoms with Crippen LogP contribution in [0.5, 0.6) is 0 Å². The molecule has 0 aliphatic heterocycles. The number of aliphatic carboxylic acids is 2. The Hall–Kier alpha value is -1.72. The predicted molar refractivity (Wildman–Crippen MR) is 86.7 cm³/mol. The summed E-state index contributed by atoms with van der Waals surface area (Å²) < 4.78 is 26.7. The Kier molecular flexibility index (Phi) is 8.08. The number of halogens is 1. The first kappa shape index (κ1) is 20.3. The largest absolute Gasteiger partial charge is 0.481 e. The molecule has 3 N–H and O–H groups in total. The van der Waals surface area contributed by atoms with E-state index in [-0.39, 0.29) is 19.3 Å². The van der Waals surface area contributed by atoms with Crippen LogP contribution in [0.2, 0.25) is 0 Å². The summed E-state index contributed by atoms with van der Waals surface area (Å²) in [6.45, 7) is 0. The van der Waals surface area contributed by atoms with Crippen LogP contribution in [0.25, 0.3) is 0 Å². The lowest BCUT2D eigenvalue weighted by Crippen LogP contribution is -2.25. The summed E-state index contributed by atoms with van der Waals surface area (Å²) >= 11 is 0. The van der Waals surface area contributed by atoms with Crippen molar-refractivity contribution in [2.75, 3.05) is 0 Å². The molecule has 3 atom stereocenters. The molecule has 24 heavy (non-hydrogen) atoms. The standard InChI is InChI=1S/C16H22FO6P/c17-15(24(22,23)11-12-7-3-1-4-8-12)13(16(20)21)9-5-2-6-10-14(18)19/h1,3-4,7-8,13,15H,2,5-6,9-11H2,(H,18,19)(H,20,21)(H,22,23). The van der Waals surface area contributed by atoms with Gasteiger partial charge in [-0.2, -0.15) is 0 Å². The van der Waals surface area contributed by atoms with Gasteiger partial charge in [0.15, 0.2) is 5.91 Å². The highest BCUT2D eigenvalue weighted by Crippen LogP contribution is 2.53. The van der Waals surface area contributed by atoms with E-state index < -0.39 is 37.3 Å². The molecule has 0 radical (unpaired) electrons. The maximum absolute atomic E-state index is 14.4. The van der Waals surface area contributed by atoms with Crippen LogP contribution >= 0.6 is 7.37 Å². The number of alkyl halides is 1. The van der Waals surface area contributed by atoms with Crippen molar-refractivity contribution >= 4 is 19.3 Å². The van der Waals surface area contributed by atoms with Crippen LogP contribution in [-0.2, 0) is 20.3 Å². The fourth-order valence-electron chi connectivity index (χ4n) is 2.41. The van der Waals surface area contributed by atoms with Gasteiger partial charge in [-0.05, 0) is 18.4 Å². The van der Waals surface area contributed by atoms with Crippen molar-refractivity contribution in [3.8, 4) is 0 Å². The molecular weight excluding hydrogens is 338 g/mol. The molecule has 0 aliphatic rings. The number of carboxylic acid groups (broad SMARTS) is 2. The van der Waals surface area contributed by atoms with Gasteiger partial charge in [0.05, 0.1) is 12.1 Å². The molecule has 1 rings (SSSR count). The number of rotatable bonds is 11. The van der Waals surface area contributed by atoms with E-state index in [1.165, 1.54) is 0 Å². The quantitative estimate of drug-likeness (QED) is 0.411. The Morgan fingerprint density at radius 1 is 1.08 bits per heavy atom. The Balaban J connectivity index is 2.64. The fraction of sp³-hybridized carbons (Fsp3) is 0.500. The summed E-state index contributed by atoms with van der Waals surface area (Å²) in [6, 6.07) is 8.18. The molecule has 0 bridgehead atoms. The second-order valence-corrected chi connectivity index (χ2v) is 8.03. The number of carbonyl (C=O) groups is 2. The molecule has 1 aromatic rings. The summed E-state index contributed by atoms with van der Waals surface area (Å²) in [5.41, 5.74) is 0.469. The van der Waals surface area contributed by atoms with Crippen molar-refractivity contribution < 1.29 is 33.7 Å². The topological polar surface area (TPSA) is 112 Å². The number of hydrogen-bond acceptors (Lipinski definition) is 3. The van der Waals surface area contributed by atoms with Crippen molar-refractivity contribution in [2.24, 2.45) is 5.92 Å². The van der Waals surface area contributed by atoms with Crippen molar-refractivity contribution in [2.45, 2.75) is 44.2 Å². The summed E-state index contributed by atoms with van der Waals surface area (Å²) in [4.78, 5) is 31.6.